The fraction of sp³-hybridized carbons (Fsp3) is 0.444. The Morgan fingerprint density at radius 2 is 1.79 bits per heavy atom. The summed E-state index contributed by atoms with van der Waals surface area (Å²) in [6.45, 7) is 6.27. The van der Waals surface area contributed by atoms with Crippen LogP contribution in [-0.4, -0.2) is 33.2 Å². The van der Waals surface area contributed by atoms with Crippen LogP contribution in [0, 0.1) is 27.8 Å². The number of benzene rings is 2. The summed E-state index contributed by atoms with van der Waals surface area (Å²) in [5.41, 5.74) is 3.21. The predicted molar refractivity (Wildman–Crippen MR) is 188 cm³/mol. The Hall–Kier alpha value is -3.44. The number of hydrogen-bond acceptors (Lipinski definition) is 5. The van der Waals surface area contributed by atoms with Gasteiger partial charge in [-0.3, -0.25) is 4.99 Å². The summed E-state index contributed by atoms with van der Waals surface area (Å²) in [4.78, 5) is 23.5. The topological polar surface area (TPSA) is 69.4 Å². The number of nitrogens with zero attached hydrogens (tertiary/aromatic N) is 3. The van der Waals surface area contributed by atoms with Gasteiger partial charge in [-0.1, -0.05) is 51.3 Å². The number of para-hydroxylation sites is 1. The number of anilines is 1. The van der Waals surface area contributed by atoms with E-state index < -0.39 is 23.1 Å². The summed E-state index contributed by atoms with van der Waals surface area (Å²) in [7, 11) is 0. The number of halogens is 3. The van der Waals surface area contributed by atoms with E-state index in [2.05, 4.69) is 30.7 Å². The zero-order valence-electron chi connectivity index (χ0n) is 27.0. The smallest absolute Gasteiger partial charge is 0.351 e. The number of rotatable bonds is 10. The highest BCUT2D eigenvalue weighted by Gasteiger charge is 2.49. The standard InChI is InChI=1S/C36H41F3N5OS2/c1-4-10-24(15-18-40-23(2)41-25-19-36(20-25)21-46-22-36)33-31(42-34(47-33)35(3)16-6-5-7-17-35)26-11-8-14-29(30(26)39)43-44(45)32-27(37)12-9-13-28(32)38/h8-15,18,25H,4-7,16-17,19-22H2,1-3H3,(H,40,41)(H,43,45)/q+1/b18-15-,24-10-. The Kier molecular flexibility index (Phi) is 9.94. The van der Waals surface area contributed by atoms with E-state index in [1.54, 1.807) is 23.5 Å². The second-order valence-electron chi connectivity index (χ2n) is 13.3. The largest absolute Gasteiger partial charge is 0.362 e. The summed E-state index contributed by atoms with van der Waals surface area (Å²) in [6, 6.07) is 8.07. The Morgan fingerprint density at radius 3 is 2.45 bits per heavy atom. The fourth-order valence-corrected chi connectivity index (χ4v) is 9.38. The number of allylic oxidation sites excluding steroid dienone is 3. The summed E-state index contributed by atoms with van der Waals surface area (Å²) in [6.07, 6.45) is 14.5. The molecule has 6 rings (SSSR count). The van der Waals surface area contributed by atoms with Crippen molar-refractivity contribution in [1.29, 1.82) is 0 Å². The molecular formula is C36H41F3N5OS2+. The van der Waals surface area contributed by atoms with Crippen molar-refractivity contribution in [2.24, 2.45) is 10.4 Å². The maximum Gasteiger partial charge on any atom is 0.362 e. The minimum absolute atomic E-state index is 0.0847. The second kappa shape index (κ2) is 14.0. The average molecular weight is 681 g/mol. The van der Waals surface area contributed by atoms with Crippen molar-refractivity contribution < 1.29 is 18.0 Å². The van der Waals surface area contributed by atoms with Crippen LogP contribution < -0.4 is 10.7 Å². The maximum absolute atomic E-state index is 16.3. The van der Waals surface area contributed by atoms with Crippen LogP contribution in [0.1, 0.15) is 82.0 Å². The van der Waals surface area contributed by atoms with E-state index >= 15 is 4.39 Å². The number of hydrogen-bond donors (Lipinski definition) is 2. The highest BCUT2D eigenvalue weighted by Crippen LogP contribution is 2.54. The molecule has 1 aromatic heterocycles. The van der Waals surface area contributed by atoms with Crippen molar-refractivity contribution in [3.8, 4) is 11.3 Å². The molecule has 11 heteroatoms. The molecule has 0 amide bonds. The highest BCUT2D eigenvalue weighted by atomic mass is 32.2. The SMILES string of the molecule is CC/C=C(/C=C\NC(C)=NC1CC2(CSC2)C1)c1sc(C2(C)CCCCC2)nc1-c1cccc(N[N+](=O)c2c(F)cccc2F)c1F. The molecular weight excluding hydrogens is 640 g/mol. The molecule has 3 aromatic rings. The molecule has 47 heavy (non-hydrogen) atoms. The number of thiazole rings is 1. The third-order valence-corrected chi connectivity index (χ3v) is 12.5. The molecule has 0 unspecified atom stereocenters. The van der Waals surface area contributed by atoms with Crippen LogP contribution in [0.15, 0.2) is 59.7 Å². The third kappa shape index (κ3) is 7.06. The van der Waals surface area contributed by atoms with Crippen LogP contribution in [0.5, 0.6) is 0 Å². The Morgan fingerprint density at radius 1 is 1.09 bits per heavy atom. The number of amidine groups is 1. The Balaban J connectivity index is 1.31. The molecule has 3 fully saturated rings. The van der Waals surface area contributed by atoms with Gasteiger partial charge in [0.25, 0.3) is 0 Å². The lowest BCUT2D eigenvalue weighted by atomic mass is 9.67. The van der Waals surface area contributed by atoms with Crippen LogP contribution in [0.25, 0.3) is 16.8 Å². The van der Waals surface area contributed by atoms with Gasteiger partial charge >= 0.3 is 5.69 Å². The summed E-state index contributed by atoms with van der Waals surface area (Å²) < 4.78 is 44.9. The zero-order valence-corrected chi connectivity index (χ0v) is 28.7. The van der Waals surface area contributed by atoms with Crippen molar-refractivity contribution in [2.45, 2.75) is 83.6 Å². The number of thioether (sulfide) groups is 1. The number of hydrazine groups is 1. The first-order chi connectivity index (χ1) is 22.6. The van der Waals surface area contributed by atoms with Gasteiger partial charge in [0.2, 0.25) is 11.6 Å². The van der Waals surface area contributed by atoms with Crippen LogP contribution in [0.2, 0.25) is 0 Å². The van der Waals surface area contributed by atoms with E-state index in [4.69, 9.17) is 9.98 Å². The molecule has 1 spiro atoms. The van der Waals surface area contributed by atoms with Crippen LogP contribution in [0.3, 0.4) is 0 Å². The lowest BCUT2D eigenvalue weighted by molar-refractivity contribution is -0.432. The van der Waals surface area contributed by atoms with Crippen molar-refractivity contribution >= 4 is 45.9 Å². The zero-order chi connectivity index (χ0) is 33.2. The molecule has 3 aliphatic rings. The van der Waals surface area contributed by atoms with Crippen LogP contribution in [0.4, 0.5) is 24.5 Å². The average Bonchev–Trinajstić information content (AvgIpc) is 3.45. The highest BCUT2D eigenvalue weighted by molar-refractivity contribution is 8.00. The third-order valence-electron chi connectivity index (χ3n) is 9.49. The van der Waals surface area contributed by atoms with Crippen LogP contribution in [-0.2, 0) is 5.41 Å². The number of aliphatic imine (C=N–C) groups is 1. The number of nitroso groups, excluding NO2 is 1. The predicted octanol–water partition coefficient (Wildman–Crippen LogP) is 10.1. The molecule has 0 radical (unpaired) electrons. The molecule has 6 nitrogen and oxygen atoms in total. The maximum atomic E-state index is 16.3. The van der Waals surface area contributed by atoms with Crippen molar-refractivity contribution in [3.05, 3.63) is 87.0 Å². The quantitative estimate of drug-likeness (QED) is 0.0734. The molecule has 1 saturated heterocycles. The molecule has 2 heterocycles. The minimum atomic E-state index is -1.06. The molecule has 2 saturated carbocycles. The number of aromatic nitrogens is 1. The summed E-state index contributed by atoms with van der Waals surface area (Å²) in [5.74, 6) is 0.533. The lowest BCUT2D eigenvalue weighted by Gasteiger charge is -2.52. The van der Waals surface area contributed by atoms with E-state index in [0.29, 0.717) is 17.2 Å². The first-order valence-corrected chi connectivity index (χ1v) is 18.3. The minimum Gasteiger partial charge on any atom is -0.351 e. The van der Waals surface area contributed by atoms with Gasteiger partial charge in [0.05, 0.1) is 32.4 Å². The van der Waals surface area contributed by atoms with Gasteiger partial charge in [0.1, 0.15) is 5.69 Å². The van der Waals surface area contributed by atoms with Gasteiger partial charge in [-0.2, -0.15) is 20.5 Å². The normalized spacial score (nSPS) is 19.4. The molecule has 248 valence electrons. The number of nitrogens with one attached hydrogen (secondary N) is 2. The van der Waals surface area contributed by atoms with E-state index in [9.17, 15) is 13.7 Å². The molecule has 0 atom stereocenters. The van der Waals surface area contributed by atoms with Gasteiger partial charge in [0, 0.05) is 17.2 Å². The van der Waals surface area contributed by atoms with E-state index in [1.807, 2.05) is 31.0 Å². The summed E-state index contributed by atoms with van der Waals surface area (Å²) >= 11 is 3.60. The molecule has 2 aromatic carbocycles. The van der Waals surface area contributed by atoms with E-state index in [-0.39, 0.29) is 21.5 Å². The van der Waals surface area contributed by atoms with Gasteiger partial charge < -0.3 is 5.32 Å². The first kappa shape index (κ1) is 33.5. The molecule has 0 bridgehead atoms. The van der Waals surface area contributed by atoms with Crippen molar-refractivity contribution in [1.82, 2.24) is 10.3 Å². The fourth-order valence-electron chi connectivity index (χ4n) is 6.83. The molecule has 2 N–H and O–H groups in total. The van der Waals surface area contributed by atoms with Gasteiger partial charge in [0.15, 0.2) is 10.7 Å². The Labute approximate surface area is 282 Å². The monoisotopic (exact) mass is 680 g/mol. The first-order valence-electron chi connectivity index (χ1n) is 16.4. The van der Waals surface area contributed by atoms with Crippen molar-refractivity contribution in [3.63, 3.8) is 0 Å². The van der Waals surface area contributed by atoms with E-state index in [0.717, 1.165) is 84.4 Å². The lowest BCUT2D eigenvalue weighted by Crippen LogP contribution is -2.49. The molecule has 2 aliphatic carbocycles. The second-order valence-corrected chi connectivity index (χ2v) is 15.3. The molecule has 1 aliphatic heterocycles. The van der Waals surface area contributed by atoms with Gasteiger partial charge in [-0.25, -0.2) is 9.37 Å². The van der Waals surface area contributed by atoms with Crippen LogP contribution >= 0.6 is 23.1 Å². The Bertz CT molecular complexity index is 1710. The van der Waals surface area contributed by atoms with Crippen molar-refractivity contribution in [2.75, 3.05) is 16.9 Å². The summed E-state index contributed by atoms with van der Waals surface area (Å²) in [5, 5.41) is 4.28. The van der Waals surface area contributed by atoms with E-state index in [1.165, 1.54) is 24.0 Å². The van der Waals surface area contributed by atoms with Gasteiger partial charge in [-0.05, 0) is 91.9 Å². The van der Waals surface area contributed by atoms with Gasteiger partial charge in [-0.15, -0.1) is 16.8 Å².